The summed E-state index contributed by atoms with van der Waals surface area (Å²) in [6.07, 6.45) is 0. The van der Waals surface area contributed by atoms with Crippen molar-refractivity contribution in [2.75, 3.05) is 30.2 Å². The van der Waals surface area contributed by atoms with E-state index in [-0.39, 0.29) is 5.91 Å². The normalized spacial score (nSPS) is 13.2. The quantitative estimate of drug-likeness (QED) is 0.845. The number of hydrogen-bond acceptors (Lipinski definition) is 5. The first kappa shape index (κ1) is 16.6. The number of thiocarbonyl (C=S) groups is 1. The van der Waals surface area contributed by atoms with Crippen LogP contribution >= 0.6 is 24.0 Å². The van der Waals surface area contributed by atoms with Crippen LogP contribution in [0.4, 0.5) is 11.4 Å². The number of hydrogen-bond donors (Lipinski definition) is 1. The van der Waals surface area contributed by atoms with E-state index in [1.54, 1.807) is 32.4 Å². The van der Waals surface area contributed by atoms with Crippen molar-refractivity contribution >= 4 is 46.4 Å². The minimum absolute atomic E-state index is 0.0521. The lowest BCUT2D eigenvalue weighted by molar-refractivity contribution is -0.115. The summed E-state index contributed by atoms with van der Waals surface area (Å²) < 4.78 is 10.6. The van der Waals surface area contributed by atoms with Crippen LogP contribution in [-0.2, 0) is 4.79 Å². The molecule has 7 heteroatoms. The summed E-state index contributed by atoms with van der Waals surface area (Å²) in [6.45, 7) is 0. The third-order valence-corrected chi connectivity index (χ3v) is 4.89. The molecule has 0 fully saturated rings. The molecule has 124 valence electrons. The predicted molar refractivity (Wildman–Crippen MR) is 100 cm³/mol. The summed E-state index contributed by atoms with van der Waals surface area (Å²) in [5.74, 6) is 1.57. The van der Waals surface area contributed by atoms with Crippen molar-refractivity contribution in [2.24, 2.45) is 0 Å². The highest BCUT2D eigenvalue weighted by molar-refractivity contribution is 8.00. The van der Waals surface area contributed by atoms with Crippen LogP contribution < -0.4 is 19.7 Å². The van der Waals surface area contributed by atoms with Gasteiger partial charge in [-0.25, -0.2) is 0 Å². The van der Waals surface area contributed by atoms with Crippen molar-refractivity contribution in [3.63, 3.8) is 0 Å². The first-order valence-corrected chi connectivity index (χ1v) is 8.61. The number of amides is 1. The zero-order chi connectivity index (χ0) is 17.1. The molecule has 0 saturated carbocycles. The molecule has 3 rings (SSSR count). The van der Waals surface area contributed by atoms with Gasteiger partial charge in [-0.15, -0.1) is 11.8 Å². The van der Waals surface area contributed by atoms with Gasteiger partial charge in [-0.05, 0) is 36.5 Å². The topological polar surface area (TPSA) is 50.8 Å². The zero-order valence-electron chi connectivity index (χ0n) is 13.2. The number of fused-ring (bicyclic) bond motifs is 1. The number of methoxy groups -OCH3 is 2. The van der Waals surface area contributed by atoms with Crippen molar-refractivity contribution in [3.8, 4) is 11.5 Å². The molecular formula is C17H16N2O3S2. The van der Waals surface area contributed by atoms with Crippen LogP contribution in [-0.4, -0.2) is 31.0 Å². The van der Waals surface area contributed by atoms with Crippen LogP contribution in [0, 0.1) is 0 Å². The second-order valence-electron chi connectivity index (χ2n) is 4.98. The van der Waals surface area contributed by atoms with E-state index in [4.69, 9.17) is 21.7 Å². The lowest BCUT2D eigenvalue weighted by atomic mass is 10.2. The molecule has 1 aliphatic rings. The third kappa shape index (κ3) is 3.18. The van der Waals surface area contributed by atoms with Crippen molar-refractivity contribution in [1.29, 1.82) is 0 Å². The number of nitrogens with zero attached hydrogens (tertiary/aromatic N) is 1. The Hall–Kier alpha value is -2.25. The number of thioether (sulfide) groups is 1. The lowest BCUT2D eigenvalue weighted by Gasteiger charge is -2.29. The Morgan fingerprint density at radius 2 is 2.00 bits per heavy atom. The highest BCUT2D eigenvalue weighted by atomic mass is 32.2. The number of benzene rings is 2. The Morgan fingerprint density at radius 1 is 1.21 bits per heavy atom. The van der Waals surface area contributed by atoms with Gasteiger partial charge >= 0.3 is 0 Å². The van der Waals surface area contributed by atoms with E-state index >= 15 is 0 Å². The van der Waals surface area contributed by atoms with E-state index < -0.39 is 0 Å². The molecule has 1 aliphatic heterocycles. The van der Waals surface area contributed by atoms with Crippen LogP contribution in [0.3, 0.4) is 0 Å². The maximum atomic E-state index is 12.4. The highest BCUT2D eigenvalue weighted by Gasteiger charge is 2.28. The Kier molecular flexibility index (Phi) is 4.92. The van der Waals surface area contributed by atoms with Crippen molar-refractivity contribution < 1.29 is 14.3 Å². The summed E-state index contributed by atoms with van der Waals surface area (Å²) >= 11 is 6.99. The van der Waals surface area contributed by atoms with E-state index in [9.17, 15) is 4.79 Å². The molecule has 0 unspecified atom stereocenters. The fraction of sp³-hybridized carbons (Fsp3) is 0.176. The molecule has 2 aromatic rings. The number of nitrogens with one attached hydrogen (secondary N) is 1. The second-order valence-corrected chi connectivity index (χ2v) is 6.39. The van der Waals surface area contributed by atoms with E-state index in [1.807, 2.05) is 24.3 Å². The smallest absolute Gasteiger partial charge is 0.243 e. The summed E-state index contributed by atoms with van der Waals surface area (Å²) in [6, 6.07) is 13.1. The molecule has 0 radical (unpaired) electrons. The molecule has 0 atom stereocenters. The summed E-state index contributed by atoms with van der Waals surface area (Å²) in [5, 5.41) is 3.42. The Bertz CT molecular complexity index is 795. The van der Waals surface area contributed by atoms with Gasteiger partial charge in [0.05, 0.1) is 31.3 Å². The standard InChI is InChI=1S/C17H16N2O3S2/c1-21-11-7-8-12(14(9-11)22-2)18-17(23)19-13-5-3-4-6-15(13)24-10-16(19)20/h3-9H,10H2,1-2H3,(H,18,23). The fourth-order valence-electron chi connectivity index (χ4n) is 2.40. The summed E-state index contributed by atoms with van der Waals surface area (Å²) in [7, 11) is 3.16. The maximum Gasteiger partial charge on any atom is 0.243 e. The molecule has 0 bridgehead atoms. The average molecular weight is 360 g/mol. The Balaban J connectivity index is 1.89. The molecule has 1 amide bonds. The van der Waals surface area contributed by atoms with Crippen LogP contribution in [0.25, 0.3) is 0 Å². The molecule has 1 heterocycles. The van der Waals surface area contributed by atoms with Crippen molar-refractivity contribution in [1.82, 2.24) is 0 Å². The first-order valence-electron chi connectivity index (χ1n) is 7.22. The summed E-state index contributed by atoms with van der Waals surface area (Å²) in [5.41, 5.74) is 1.47. The molecule has 0 saturated heterocycles. The van der Waals surface area contributed by atoms with Gasteiger partial charge in [0, 0.05) is 11.0 Å². The van der Waals surface area contributed by atoms with Crippen LogP contribution in [0.5, 0.6) is 11.5 Å². The van der Waals surface area contributed by atoms with Gasteiger partial charge in [-0.3, -0.25) is 9.69 Å². The molecule has 24 heavy (non-hydrogen) atoms. The molecule has 5 nitrogen and oxygen atoms in total. The number of carbonyl (C=O) groups is 1. The number of carbonyl (C=O) groups excluding carboxylic acids is 1. The highest BCUT2D eigenvalue weighted by Crippen LogP contribution is 2.36. The van der Waals surface area contributed by atoms with E-state index in [0.717, 1.165) is 10.6 Å². The SMILES string of the molecule is COc1ccc(NC(=S)N2C(=O)CSc3ccccc32)c(OC)c1. The largest absolute Gasteiger partial charge is 0.497 e. The number of rotatable bonds is 3. The fourth-order valence-corrected chi connectivity index (χ4v) is 3.60. The van der Waals surface area contributed by atoms with Crippen LogP contribution in [0.1, 0.15) is 0 Å². The van der Waals surface area contributed by atoms with Gasteiger partial charge in [0.2, 0.25) is 5.91 Å². The van der Waals surface area contributed by atoms with Crippen LogP contribution in [0.2, 0.25) is 0 Å². The molecule has 1 N–H and O–H groups in total. The third-order valence-electron chi connectivity index (χ3n) is 3.56. The molecule has 0 spiro atoms. The Labute approximate surface area is 149 Å². The molecule has 0 aliphatic carbocycles. The van der Waals surface area contributed by atoms with E-state index in [0.29, 0.717) is 28.1 Å². The van der Waals surface area contributed by atoms with Crippen molar-refractivity contribution in [3.05, 3.63) is 42.5 Å². The zero-order valence-corrected chi connectivity index (χ0v) is 14.9. The lowest BCUT2D eigenvalue weighted by Crippen LogP contribution is -2.43. The first-order chi connectivity index (χ1) is 11.6. The van der Waals surface area contributed by atoms with Gasteiger partial charge < -0.3 is 14.8 Å². The van der Waals surface area contributed by atoms with Crippen molar-refractivity contribution in [2.45, 2.75) is 4.90 Å². The maximum absolute atomic E-state index is 12.4. The molecule has 2 aromatic carbocycles. The van der Waals surface area contributed by atoms with Crippen LogP contribution in [0.15, 0.2) is 47.4 Å². The number of anilines is 2. The number of para-hydroxylation sites is 1. The number of ether oxygens (including phenoxy) is 2. The van der Waals surface area contributed by atoms with Gasteiger partial charge in [-0.1, -0.05) is 12.1 Å². The molecular weight excluding hydrogens is 344 g/mol. The monoisotopic (exact) mass is 360 g/mol. The Morgan fingerprint density at radius 3 is 2.75 bits per heavy atom. The van der Waals surface area contributed by atoms with Gasteiger partial charge in [0.1, 0.15) is 11.5 Å². The van der Waals surface area contributed by atoms with E-state index in [2.05, 4.69) is 5.32 Å². The van der Waals surface area contributed by atoms with Gasteiger partial charge in [0.15, 0.2) is 5.11 Å². The minimum Gasteiger partial charge on any atom is -0.497 e. The minimum atomic E-state index is -0.0521. The predicted octanol–water partition coefficient (Wildman–Crippen LogP) is 3.54. The molecule has 0 aromatic heterocycles. The van der Waals surface area contributed by atoms with E-state index in [1.165, 1.54) is 16.7 Å². The van der Waals surface area contributed by atoms with Gasteiger partial charge in [-0.2, -0.15) is 0 Å². The average Bonchev–Trinajstić information content (AvgIpc) is 2.61. The van der Waals surface area contributed by atoms with Gasteiger partial charge in [0.25, 0.3) is 0 Å². The summed E-state index contributed by atoms with van der Waals surface area (Å²) in [4.78, 5) is 14.9. The second kappa shape index (κ2) is 7.11.